The van der Waals surface area contributed by atoms with E-state index >= 15 is 0 Å². The molecule has 2 heterocycles. The highest BCUT2D eigenvalue weighted by Gasteiger charge is 2.12. The maximum Gasteiger partial charge on any atom is 0.226 e. The highest BCUT2D eigenvalue weighted by molar-refractivity contribution is 7.98. The van der Waals surface area contributed by atoms with Gasteiger partial charge in [-0.05, 0) is 13.3 Å². The Kier molecular flexibility index (Phi) is 4.92. The minimum atomic E-state index is 0.393. The van der Waals surface area contributed by atoms with E-state index in [2.05, 4.69) is 27.3 Å². The molecule has 0 saturated heterocycles. The minimum absolute atomic E-state index is 0.393. The second-order valence-electron chi connectivity index (χ2n) is 3.99. The van der Waals surface area contributed by atoms with Gasteiger partial charge in [0, 0.05) is 13.0 Å². The molecule has 19 heavy (non-hydrogen) atoms. The predicted molar refractivity (Wildman–Crippen MR) is 71.4 cm³/mol. The molecule has 2 aromatic heterocycles. The van der Waals surface area contributed by atoms with Crippen molar-refractivity contribution in [1.29, 1.82) is 0 Å². The van der Waals surface area contributed by atoms with Crippen molar-refractivity contribution in [2.45, 2.75) is 50.7 Å². The first kappa shape index (κ1) is 14.0. The molecule has 0 radical (unpaired) electrons. The standard InChI is InChI=1S/C11H18N6OS/c1-3-5-10-13-8(16-18-10)7-19-11-15-14-9(6-12)17(11)4-2/h3-7,12H2,1-2H3. The van der Waals surface area contributed by atoms with Gasteiger partial charge in [-0.1, -0.05) is 23.8 Å². The van der Waals surface area contributed by atoms with Gasteiger partial charge in [0.25, 0.3) is 0 Å². The van der Waals surface area contributed by atoms with E-state index in [1.807, 2.05) is 11.5 Å². The summed E-state index contributed by atoms with van der Waals surface area (Å²) in [6, 6.07) is 0. The largest absolute Gasteiger partial charge is 0.339 e. The molecule has 2 N–H and O–H groups in total. The number of hydrogen-bond donors (Lipinski definition) is 1. The lowest BCUT2D eigenvalue weighted by Crippen LogP contribution is -2.08. The third-order valence-corrected chi connectivity index (χ3v) is 3.56. The molecule has 7 nitrogen and oxygen atoms in total. The second-order valence-corrected chi connectivity index (χ2v) is 4.93. The van der Waals surface area contributed by atoms with Gasteiger partial charge in [0.15, 0.2) is 11.0 Å². The van der Waals surface area contributed by atoms with E-state index < -0.39 is 0 Å². The van der Waals surface area contributed by atoms with E-state index in [1.54, 1.807) is 11.8 Å². The Morgan fingerprint density at radius 3 is 2.84 bits per heavy atom. The van der Waals surface area contributed by atoms with Gasteiger partial charge in [0.1, 0.15) is 5.82 Å². The molecule has 0 unspecified atom stereocenters. The Morgan fingerprint density at radius 2 is 2.16 bits per heavy atom. The maximum absolute atomic E-state index is 5.61. The van der Waals surface area contributed by atoms with Crippen molar-refractivity contribution in [2.24, 2.45) is 5.73 Å². The zero-order chi connectivity index (χ0) is 13.7. The molecule has 0 amide bonds. The van der Waals surface area contributed by atoms with Crippen LogP contribution in [-0.2, 0) is 25.3 Å². The highest BCUT2D eigenvalue weighted by atomic mass is 32.2. The van der Waals surface area contributed by atoms with Crippen molar-refractivity contribution >= 4 is 11.8 Å². The van der Waals surface area contributed by atoms with Gasteiger partial charge in [-0.2, -0.15) is 4.98 Å². The van der Waals surface area contributed by atoms with Gasteiger partial charge in [-0.3, -0.25) is 0 Å². The summed E-state index contributed by atoms with van der Waals surface area (Å²) >= 11 is 1.54. The van der Waals surface area contributed by atoms with E-state index in [0.29, 0.717) is 24.0 Å². The van der Waals surface area contributed by atoms with Crippen LogP contribution in [0.4, 0.5) is 0 Å². The van der Waals surface area contributed by atoms with E-state index in [9.17, 15) is 0 Å². The monoisotopic (exact) mass is 282 g/mol. The molecule has 0 saturated carbocycles. The number of hydrogen-bond acceptors (Lipinski definition) is 7. The maximum atomic E-state index is 5.61. The number of nitrogens with two attached hydrogens (primary N) is 1. The molecule has 0 spiro atoms. The summed E-state index contributed by atoms with van der Waals surface area (Å²) in [5, 5.41) is 13.0. The lowest BCUT2D eigenvalue weighted by Gasteiger charge is -2.04. The van der Waals surface area contributed by atoms with Crippen LogP contribution in [0.5, 0.6) is 0 Å². The lowest BCUT2D eigenvalue weighted by atomic mass is 10.3. The van der Waals surface area contributed by atoms with Gasteiger partial charge >= 0.3 is 0 Å². The van der Waals surface area contributed by atoms with Crippen molar-refractivity contribution in [2.75, 3.05) is 0 Å². The van der Waals surface area contributed by atoms with E-state index in [4.69, 9.17) is 10.3 Å². The topological polar surface area (TPSA) is 95.7 Å². The van der Waals surface area contributed by atoms with Gasteiger partial charge in [-0.15, -0.1) is 10.2 Å². The summed E-state index contributed by atoms with van der Waals surface area (Å²) < 4.78 is 7.14. The fraction of sp³-hybridized carbons (Fsp3) is 0.636. The van der Waals surface area contributed by atoms with Crippen LogP contribution in [0.3, 0.4) is 0 Å². The molecular formula is C11H18N6OS. The van der Waals surface area contributed by atoms with Crippen LogP contribution in [0.15, 0.2) is 9.68 Å². The number of aromatic nitrogens is 5. The van der Waals surface area contributed by atoms with Crippen molar-refractivity contribution < 1.29 is 4.52 Å². The first-order chi connectivity index (χ1) is 9.28. The van der Waals surface area contributed by atoms with Crippen molar-refractivity contribution in [3.63, 3.8) is 0 Å². The molecule has 104 valence electrons. The summed E-state index contributed by atoms with van der Waals surface area (Å²) in [5.74, 6) is 2.80. The molecule has 0 aliphatic carbocycles. The molecule has 2 rings (SSSR count). The average Bonchev–Trinajstić information content (AvgIpc) is 3.02. The summed E-state index contributed by atoms with van der Waals surface area (Å²) in [7, 11) is 0. The van der Waals surface area contributed by atoms with E-state index in [0.717, 1.165) is 30.4 Å². The Labute approximate surface area is 116 Å². The zero-order valence-electron chi connectivity index (χ0n) is 11.2. The fourth-order valence-corrected chi connectivity index (χ4v) is 2.55. The molecule has 0 aliphatic rings. The van der Waals surface area contributed by atoms with Crippen LogP contribution < -0.4 is 5.73 Å². The molecule has 0 aromatic carbocycles. The van der Waals surface area contributed by atoms with Crippen LogP contribution in [0.2, 0.25) is 0 Å². The van der Waals surface area contributed by atoms with Crippen LogP contribution in [0.25, 0.3) is 0 Å². The molecular weight excluding hydrogens is 264 g/mol. The number of aryl methyl sites for hydroxylation is 1. The quantitative estimate of drug-likeness (QED) is 0.766. The predicted octanol–water partition coefficient (Wildman–Crippen LogP) is 1.38. The van der Waals surface area contributed by atoms with Gasteiger partial charge in [-0.25, -0.2) is 0 Å². The Balaban J connectivity index is 1.99. The first-order valence-electron chi connectivity index (χ1n) is 6.34. The minimum Gasteiger partial charge on any atom is -0.339 e. The Bertz CT molecular complexity index is 523. The van der Waals surface area contributed by atoms with Gasteiger partial charge in [0.2, 0.25) is 5.89 Å². The van der Waals surface area contributed by atoms with Crippen molar-refractivity contribution in [3.8, 4) is 0 Å². The first-order valence-corrected chi connectivity index (χ1v) is 7.33. The van der Waals surface area contributed by atoms with Gasteiger partial charge in [0.05, 0.1) is 12.3 Å². The summed E-state index contributed by atoms with van der Waals surface area (Å²) in [6.07, 6.45) is 1.82. The third-order valence-electron chi connectivity index (χ3n) is 2.60. The number of nitrogens with zero attached hydrogens (tertiary/aromatic N) is 5. The zero-order valence-corrected chi connectivity index (χ0v) is 12.0. The van der Waals surface area contributed by atoms with E-state index in [1.165, 1.54) is 0 Å². The molecule has 0 bridgehead atoms. The summed E-state index contributed by atoms with van der Waals surface area (Å²) in [4.78, 5) is 4.32. The number of thioether (sulfide) groups is 1. The van der Waals surface area contributed by atoms with E-state index in [-0.39, 0.29) is 0 Å². The molecule has 0 fully saturated rings. The van der Waals surface area contributed by atoms with Gasteiger partial charge < -0.3 is 14.8 Å². The fourth-order valence-electron chi connectivity index (χ4n) is 1.69. The Hall–Kier alpha value is -1.41. The normalized spacial score (nSPS) is 11.1. The summed E-state index contributed by atoms with van der Waals surface area (Å²) in [6.45, 7) is 5.32. The van der Waals surface area contributed by atoms with Crippen molar-refractivity contribution in [3.05, 3.63) is 17.5 Å². The molecule has 2 aromatic rings. The smallest absolute Gasteiger partial charge is 0.226 e. The molecule has 0 atom stereocenters. The highest BCUT2D eigenvalue weighted by Crippen LogP contribution is 2.20. The van der Waals surface area contributed by atoms with Crippen molar-refractivity contribution in [1.82, 2.24) is 24.9 Å². The van der Waals surface area contributed by atoms with Crippen LogP contribution in [0, 0.1) is 0 Å². The number of rotatable bonds is 7. The summed E-state index contributed by atoms with van der Waals surface area (Å²) in [5.41, 5.74) is 5.61. The third kappa shape index (κ3) is 3.32. The molecule has 0 aliphatic heterocycles. The lowest BCUT2D eigenvalue weighted by molar-refractivity contribution is 0.373. The van der Waals surface area contributed by atoms with Crippen LogP contribution >= 0.6 is 11.8 Å². The van der Waals surface area contributed by atoms with Crippen LogP contribution in [-0.4, -0.2) is 24.9 Å². The second kappa shape index (κ2) is 6.67. The molecule has 8 heteroatoms. The average molecular weight is 282 g/mol. The van der Waals surface area contributed by atoms with Crippen LogP contribution in [0.1, 0.15) is 37.8 Å². The Morgan fingerprint density at radius 1 is 1.32 bits per heavy atom. The SMILES string of the molecule is CCCc1nc(CSc2nnc(CN)n2CC)no1.